The van der Waals surface area contributed by atoms with Crippen molar-refractivity contribution in [2.75, 3.05) is 39.4 Å². The summed E-state index contributed by atoms with van der Waals surface area (Å²) in [6, 6.07) is 24.4. The molecule has 39 heavy (non-hydrogen) atoms. The molecule has 0 spiro atoms. The second kappa shape index (κ2) is 13.4. The van der Waals surface area contributed by atoms with E-state index in [9.17, 15) is 0 Å². The number of unbranched alkanes of at least 4 members (excludes halogenated alkanes) is 1. The number of fused-ring (bicyclic) bond motifs is 1. The van der Waals surface area contributed by atoms with Gasteiger partial charge in [0, 0.05) is 35.2 Å². The maximum absolute atomic E-state index is 6.12. The standard InChI is InChI=1S/C30H30N4O3.2ClH/c1(16-35-25-9-6-21(7-10-25)29-31-12-13-32-29)2-17-36-26-5-3-4-22(19-26)28-20-24-18-23(8-11-27(24)37-28)30-33-14-15-34-30;;/h3-11,18-20H,1-2,12-17H2,(H,31,32)(H,33,34);2*1H. The van der Waals surface area contributed by atoms with E-state index >= 15 is 0 Å². The van der Waals surface area contributed by atoms with Gasteiger partial charge >= 0.3 is 0 Å². The second-order valence-corrected chi connectivity index (χ2v) is 9.13. The molecule has 0 unspecified atom stereocenters. The molecule has 3 heterocycles. The number of ether oxygens (including phenoxy) is 2. The van der Waals surface area contributed by atoms with E-state index in [0.29, 0.717) is 13.2 Å². The molecule has 7 nitrogen and oxygen atoms in total. The van der Waals surface area contributed by atoms with E-state index in [2.05, 4.69) is 32.8 Å². The lowest BCUT2D eigenvalue weighted by molar-refractivity contribution is 0.266. The summed E-state index contributed by atoms with van der Waals surface area (Å²) in [5.74, 6) is 4.46. The smallest absolute Gasteiger partial charge is 0.135 e. The van der Waals surface area contributed by atoms with Gasteiger partial charge < -0.3 is 24.5 Å². The van der Waals surface area contributed by atoms with Crippen LogP contribution in [0.3, 0.4) is 0 Å². The van der Waals surface area contributed by atoms with Crippen molar-refractivity contribution in [3.05, 3.63) is 83.9 Å². The normalized spacial score (nSPS) is 13.9. The maximum Gasteiger partial charge on any atom is 0.135 e. The lowest BCUT2D eigenvalue weighted by Gasteiger charge is -2.09. The Labute approximate surface area is 240 Å². The molecule has 0 saturated carbocycles. The van der Waals surface area contributed by atoms with Crippen LogP contribution in [0.15, 0.2) is 87.2 Å². The van der Waals surface area contributed by atoms with E-state index in [1.165, 1.54) is 0 Å². The average molecular weight is 568 g/mol. The van der Waals surface area contributed by atoms with Crippen molar-refractivity contribution in [2.24, 2.45) is 9.98 Å². The van der Waals surface area contributed by atoms with Crippen LogP contribution in [0.4, 0.5) is 0 Å². The molecule has 0 radical (unpaired) electrons. The Kier molecular flexibility index (Phi) is 9.74. The predicted molar refractivity (Wildman–Crippen MR) is 162 cm³/mol. The molecule has 2 aliphatic rings. The molecule has 0 atom stereocenters. The van der Waals surface area contributed by atoms with Gasteiger partial charge in [0.15, 0.2) is 0 Å². The molecule has 4 aromatic rings. The van der Waals surface area contributed by atoms with Crippen LogP contribution in [-0.2, 0) is 0 Å². The SMILES string of the molecule is Cl.Cl.c1cc(OCCCCOc2ccc(C3=NCCN3)cc2)cc(-c2cc3cc(C4=NCCN4)ccc3o2)c1. The molecule has 0 amide bonds. The fraction of sp³-hybridized carbons (Fsp3) is 0.267. The fourth-order valence-electron chi connectivity index (χ4n) is 4.55. The van der Waals surface area contributed by atoms with Crippen molar-refractivity contribution in [1.82, 2.24) is 10.6 Å². The van der Waals surface area contributed by atoms with Crippen LogP contribution in [-0.4, -0.2) is 51.1 Å². The number of halogens is 2. The number of furan rings is 1. The van der Waals surface area contributed by atoms with Gasteiger partial charge in [-0.05, 0) is 73.5 Å². The number of benzene rings is 3. The summed E-state index contributed by atoms with van der Waals surface area (Å²) in [6.45, 7) is 4.77. The van der Waals surface area contributed by atoms with Gasteiger partial charge in [0.1, 0.15) is 34.5 Å². The molecule has 9 heteroatoms. The van der Waals surface area contributed by atoms with Crippen molar-refractivity contribution in [3.8, 4) is 22.8 Å². The summed E-state index contributed by atoms with van der Waals surface area (Å²) in [5, 5.41) is 7.67. The number of hydrogen-bond donors (Lipinski definition) is 2. The van der Waals surface area contributed by atoms with E-state index in [-0.39, 0.29) is 24.8 Å². The van der Waals surface area contributed by atoms with E-state index < -0.39 is 0 Å². The van der Waals surface area contributed by atoms with Gasteiger partial charge in [0.05, 0.1) is 26.3 Å². The van der Waals surface area contributed by atoms with Gasteiger partial charge in [0.2, 0.25) is 0 Å². The van der Waals surface area contributed by atoms with Crippen molar-refractivity contribution in [1.29, 1.82) is 0 Å². The van der Waals surface area contributed by atoms with E-state index in [1.807, 2.05) is 60.7 Å². The van der Waals surface area contributed by atoms with Crippen LogP contribution >= 0.6 is 24.8 Å². The highest BCUT2D eigenvalue weighted by Gasteiger charge is 2.12. The largest absolute Gasteiger partial charge is 0.494 e. The Hall–Kier alpha value is -3.68. The van der Waals surface area contributed by atoms with E-state index in [1.54, 1.807) is 0 Å². The third kappa shape index (κ3) is 6.85. The van der Waals surface area contributed by atoms with Crippen LogP contribution in [0.5, 0.6) is 11.5 Å². The van der Waals surface area contributed by atoms with Crippen molar-refractivity contribution < 1.29 is 13.9 Å². The highest BCUT2D eigenvalue weighted by Crippen LogP contribution is 2.30. The zero-order valence-corrected chi connectivity index (χ0v) is 23.2. The Morgan fingerprint density at radius 1 is 0.667 bits per heavy atom. The summed E-state index contributed by atoms with van der Waals surface area (Å²) in [5.41, 5.74) is 4.05. The van der Waals surface area contributed by atoms with Crippen LogP contribution in [0.25, 0.3) is 22.3 Å². The van der Waals surface area contributed by atoms with Crippen molar-refractivity contribution in [3.63, 3.8) is 0 Å². The quantitative estimate of drug-likeness (QED) is 0.234. The topological polar surface area (TPSA) is 80.4 Å². The zero-order valence-electron chi connectivity index (χ0n) is 21.5. The molecular weight excluding hydrogens is 535 g/mol. The lowest BCUT2D eigenvalue weighted by Crippen LogP contribution is -2.19. The highest BCUT2D eigenvalue weighted by atomic mass is 35.5. The lowest BCUT2D eigenvalue weighted by atomic mass is 10.1. The molecule has 0 fully saturated rings. The monoisotopic (exact) mass is 566 g/mol. The third-order valence-electron chi connectivity index (χ3n) is 6.46. The maximum atomic E-state index is 6.12. The van der Waals surface area contributed by atoms with Gasteiger partial charge in [-0.1, -0.05) is 12.1 Å². The first kappa shape index (κ1) is 28.3. The van der Waals surface area contributed by atoms with E-state index in [4.69, 9.17) is 13.9 Å². The zero-order chi connectivity index (χ0) is 24.9. The van der Waals surface area contributed by atoms with Gasteiger partial charge in [-0.2, -0.15) is 0 Å². The van der Waals surface area contributed by atoms with Gasteiger partial charge in [-0.3, -0.25) is 9.98 Å². The first-order valence-electron chi connectivity index (χ1n) is 12.9. The second-order valence-electron chi connectivity index (χ2n) is 9.13. The highest BCUT2D eigenvalue weighted by molar-refractivity contribution is 6.02. The summed E-state index contributed by atoms with van der Waals surface area (Å²) in [7, 11) is 0. The summed E-state index contributed by atoms with van der Waals surface area (Å²) in [4.78, 5) is 8.96. The predicted octanol–water partition coefficient (Wildman–Crippen LogP) is 5.88. The molecular formula is C30H32Cl2N4O3. The number of nitrogens with zero attached hydrogens (tertiary/aromatic N) is 2. The van der Waals surface area contributed by atoms with Crippen LogP contribution < -0.4 is 20.1 Å². The molecule has 3 aromatic carbocycles. The van der Waals surface area contributed by atoms with Crippen LogP contribution in [0, 0.1) is 0 Å². The minimum Gasteiger partial charge on any atom is -0.494 e. The van der Waals surface area contributed by atoms with Crippen LogP contribution in [0.1, 0.15) is 24.0 Å². The molecule has 1 aromatic heterocycles. The van der Waals surface area contributed by atoms with Crippen LogP contribution in [0.2, 0.25) is 0 Å². The first-order valence-corrected chi connectivity index (χ1v) is 12.9. The van der Waals surface area contributed by atoms with Crippen molar-refractivity contribution in [2.45, 2.75) is 12.8 Å². The molecule has 0 aliphatic carbocycles. The Morgan fingerprint density at radius 3 is 2.03 bits per heavy atom. The molecule has 2 N–H and O–H groups in total. The number of amidine groups is 2. The Balaban J connectivity index is 0.00000176. The van der Waals surface area contributed by atoms with Gasteiger partial charge in [-0.25, -0.2) is 0 Å². The van der Waals surface area contributed by atoms with Gasteiger partial charge in [-0.15, -0.1) is 24.8 Å². The summed E-state index contributed by atoms with van der Waals surface area (Å²) >= 11 is 0. The first-order chi connectivity index (χ1) is 18.3. The number of nitrogens with one attached hydrogen (secondary N) is 2. The van der Waals surface area contributed by atoms with Crippen molar-refractivity contribution >= 4 is 47.5 Å². The summed E-state index contributed by atoms with van der Waals surface area (Å²) in [6.07, 6.45) is 1.83. The van der Waals surface area contributed by atoms with Gasteiger partial charge in [0.25, 0.3) is 0 Å². The minimum absolute atomic E-state index is 0. The molecule has 2 aliphatic heterocycles. The Morgan fingerprint density at radius 2 is 1.33 bits per heavy atom. The Bertz CT molecular complexity index is 1450. The third-order valence-corrected chi connectivity index (χ3v) is 6.46. The molecule has 6 rings (SSSR count). The molecule has 0 bridgehead atoms. The van der Waals surface area contributed by atoms with E-state index in [0.717, 1.165) is 95.6 Å². The number of rotatable bonds is 10. The summed E-state index contributed by atoms with van der Waals surface area (Å²) < 4.78 is 18.0. The average Bonchev–Trinajstić information content (AvgIpc) is 3.73. The number of aliphatic imine (C=N–C) groups is 2. The molecule has 0 saturated heterocycles. The fourth-order valence-corrected chi connectivity index (χ4v) is 4.55. The molecule has 204 valence electrons. The number of hydrogen-bond acceptors (Lipinski definition) is 7. The minimum atomic E-state index is 0.